The highest BCUT2D eigenvalue weighted by Crippen LogP contribution is 2.38. The maximum absolute atomic E-state index is 12.7. The standard InChI is InChI=1S/C29H29N3O2/c1-20-6-5-17-30-27(20)19-31-28(33)16-13-24-18-22-10-9-21-7-3-4-8-26(21)29(22)32(24)23-11-14-25(34-2)15-12-23/h3-8,11-12,14-15,17-18H,9-10,13,16,19H2,1-2H3,(H,31,33). The Morgan fingerprint density at radius 3 is 2.62 bits per heavy atom. The van der Waals surface area contributed by atoms with Gasteiger partial charge in [-0.1, -0.05) is 30.3 Å². The zero-order valence-electron chi connectivity index (χ0n) is 19.7. The molecule has 5 heteroatoms. The lowest BCUT2D eigenvalue weighted by Crippen LogP contribution is -2.24. The van der Waals surface area contributed by atoms with E-state index < -0.39 is 0 Å². The molecule has 5 nitrogen and oxygen atoms in total. The highest BCUT2D eigenvalue weighted by molar-refractivity contribution is 5.77. The van der Waals surface area contributed by atoms with Crippen molar-refractivity contribution >= 4 is 5.91 Å². The van der Waals surface area contributed by atoms with E-state index in [1.807, 2.05) is 31.2 Å². The number of aryl methyl sites for hydroxylation is 4. The van der Waals surface area contributed by atoms with Crippen molar-refractivity contribution in [3.8, 4) is 22.7 Å². The van der Waals surface area contributed by atoms with Crippen molar-refractivity contribution in [1.29, 1.82) is 0 Å². The Kier molecular flexibility index (Phi) is 6.17. The lowest BCUT2D eigenvalue weighted by atomic mass is 9.90. The Labute approximate surface area is 200 Å². The molecule has 0 bridgehead atoms. The summed E-state index contributed by atoms with van der Waals surface area (Å²) in [6.45, 7) is 2.47. The molecular weight excluding hydrogens is 422 g/mol. The largest absolute Gasteiger partial charge is 0.497 e. The number of methoxy groups -OCH3 is 1. The van der Waals surface area contributed by atoms with Gasteiger partial charge in [-0.05, 0) is 79.3 Å². The van der Waals surface area contributed by atoms with Crippen molar-refractivity contribution in [2.24, 2.45) is 0 Å². The number of ether oxygens (including phenoxy) is 1. The summed E-state index contributed by atoms with van der Waals surface area (Å²) in [7, 11) is 1.68. The fourth-order valence-corrected chi connectivity index (χ4v) is 4.77. The van der Waals surface area contributed by atoms with Crippen LogP contribution in [0.15, 0.2) is 72.9 Å². The van der Waals surface area contributed by atoms with Gasteiger partial charge in [0.15, 0.2) is 0 Å². The van der Waals surface area contributed by atoms with Gasteiger partial charge in [-0.25, -0.2) is 0 Å². The smallest absolute Gasteiger partial charge is 0.220 e. The molecule has 2 aromatic heterocycles. The minimum Gasteiger partial charge on any atom is -0.497 e. The molecule has 0 radical (unpaired) electrons. The first-order chi connectivity index (χ1) is 16.6. The highest BCUT2D eigenvalue weighted by Gasteiger charge is 2.23. The number of amides is 1. The Hall–Kier alpha value is -3.86. The highest BCUT2D eigenvalue weighted by atomic mass is 16.5. The van der Waals surface area contributed by atoms with Crippen LogP contribution in [0.5, 0.6) is 5.75 Å². The van der Waals surface area contributed by atoms with Gasteiger partial charge < -0.3 is 14.6 Å². The third-order valence-electron chi connectivity index (χ3n) is 6.60. The number of carbonyl (C=O) groups is 1. The van der Waals surface area contributed by atoms with Crippen LogP contribution in [0.1, 0.15) is 34.5 Å². The second-order valence-corrected chi connectivity index (χ2v) is 8.74. The summed E-state index contributed by atoms with van der Waals surface area (Å²) in [6.07, 6.45) is 4.90. The zero-order chi connectivity index (χ0) is 23.5. The number of nitrogens with one attached hydrogen (secondary N) is 1. The average Bonchev–Trinajstić information content (AvgIpc) is 3.26. The molecule has 0 atom stereocenters. The topological polar surface area (TPSA) is 56.1 Å². The van der Waals surface area contributed by atoms with Gasteiger partial charge in [0.25, 0.3) is 0 Å². The van der Waals surface area contributed by atoms with E-state index in [0.29, 0.717) is 19.4 Å². The van der Waals surface area contributed by atoms with Crippen LogP contribution in [-0.4, -0.2) is 22.6 Å². The number of hydrogen-bond acceptors (Lipinski definition) is 3. The summed E-state index contributed by atoms with van der Waals surface area (Å²) in [4.78, 5) is 17.1. The number of fused-ring (bicyclic) bond motifs is 3. The first kappa shape index (κ1) is 22.0. The van der Waals surface area contributed by atoms with Crippen molar-refractivity contribution in [3.63, 3.8) is 0 Å². The van der Waals surface area contributed by atoms with Crippen LogP contribution >= 0.6 is 0 Å². The van der Waals surface area contributed by atoms with Crippen molar-refractivity contribution in [1.82, 2.24) is 14.9 Å². The number of rotatable bonds is 7. The van der Waals surface area contributed by atoms with Crippen LogP contribution in [0.2, 0.25) is 0 Å². The first-order valence-corrected chi connectivity index (χ1v) is 11.8. The molecule has 0 unspecified atom stereocenters. The molecule has 34 heavy (non-hydrogen) atoms. The third-order valence-corrected chi connectivity index (χ3v) is 6.60. The van der Waals surface area contributed by atoms with Crippen LogP contribution in [0.3, 0.4) is 0 Å². The SMILES string of the molecule is COc1ccc(-n2c(CCC(=O)NCc3ncccc3C)cc3c2-c2ccccc2CC3)cc1. The summed E-state index contributed by atoms with van der Waals surface area (Å²) in [5, 5.41) is 3.03. The quantitative estimate of drug-likeness (QED) is 0.420. The molecule has 172 valence electrons. The fourth-order valence-electron chi connectivity index (χ4n) is 4.77. The number of nitrogens with zero attached hydrogens (tertiary/aromatic N) is 2. The van der Waals surface area contributed by atoms with Gasteiger partial charge in [-0.3, -0.25) is 9.78 Å². The van der Waals surface area contributed by atoms with E-state index in [2.05, 4.69) is 57.3 Å². The Balaban J connectivity index is 1.42. The lowest BCUT2D eigenvalue weighted by molar-refractivity contribution is -0.121. The molecule has 2 heterocycles. The molecule has 2 aromatic carbocycles. The summed E-state index contributed by atoms with van der Waals surface area (Å²) < 4.78 is 7.69. The third kappa shape index (κ3) is 4.34. The fraction of sp³-hybridized carbons (Fsp3) is 0.241. The van der Waals surface area contributed by atoms with E-state index in [4.69, 9.17) is 4.74 Å². The number of aromatic nitrogens is 2. The van der Waals surface area contributed by atoms with Crippen molar-refractivity contribution in [2.75, 3.05) is 7.11 Å². The number of pyridine rings is 1. The van der Waals surface area contributed by atoms with Gasteiger partial charge >= 0.3 is 0 Å². The Bertz CT molecular complexity index is 1320. The van der Waals surface area contributed by atoms with Gasteiger partial charge in [0.2, 0.25) is 5.91 Å². The zero-order valence-corrected chi connectivity index (χ0v) is 19.7. The van der Waals surface area contributed by atoms with E-state index in [9.17, 15) is 4.79 Å². The molecule has 1 aliphatic carbocycles. The first-order valence-electron chi connectivity index (χ1n) is 11.8. The van der Waals surface area contributed by atoms with Crippen molar-refractivity contribution in [2.45, 2.75) is 39.2 Å². The van der Waals surface area contributed by atoms with Crippen LogP contribution < -0.4 is 10.1 Å². The maximum atomic E-state index is 12.7. The van der Waals surface area contributed by atoms with E-state index in [1.165, 1.54) is 22.4 Å². The van der Waals surface area contributed by atoms with Gasteiger partial charge in [0, 0.05) is 29.6 Å². The van der Waals surface area contributed by atoms with E-state index >= 15 is 0 Å². The Morgan fingerprint density at radius 1 is 1.03 bits per heavy atom. The molecule has 0 saturated carbocycles. The summed E-state index contributed by atoms with van der Waals surface area (Å²) in [5.41, 5.74) is 9.46. The van der Waals surface area contributed by atoms with Crippen molar-refractivity contribution in [3.05, 3.63) is 101 Å². The molecule has 0 saturated heterocycles. The molecule has 0 fully saturated rings. The van der Waals surface area contributed by atoms with Crippen LogP contribution in [0.4, 0.5) is 0 Å². The van der Waals surface area contributed by atoms with Crippen LogP contribution in [0.25, 0.3) is 16.9 Å². The monoisotopic (exact) mass is 451 g/mol. The molecule has 0 aliphatic heterocycles. The van der Waals surface area contributed by atoms with Gasteiger partial charge in [-0.15, -0.1) is 0 Å². The summed E-state index contributed by atoms with van der Waals surface area (Å²) >= 11 is 0. The second kappa shape index (κ2) is 9.56. The van der Waals surface area contributed by atoms with Gasteiger partial charge in [-0.2, -0.15) is 0 Å². The lowest BCUT2D eigenvalue weighted by Gasteiger charge is -2.21. The predicted octanol–water partition coefficient (Wildman–Crippen LogP) is 5.20. The predicted molar refractivity (Wildman–Crippen MR) is 134 cm³/mol. The van der Waals surface area contributed by atoms with Crippen molar-refractivity contribution < 1.29 is 9.53 Å². The Morgan fingerprint density at radius 2 is 1.82 bits per heavy atom. The molecule has 1 amide bonds. The van der Waals surface area contributed by atoms with Gasteiger partial charge in [0.1, 0.15) is 5.75 Å². The summed E-state index contributed by atoms with van der Waals surface area (Å²) in [6, 6.07) is 23.0. The molecule has 1 aliphatic rings. The molecule has 1 N–H and O–H groups in total. The second-order valence-electron chi connectivity index (χ2n) is 8.74. The van der Waals surface area contributed by atoms with Gasteiger partial charge in [0.05, 0.1) is 25.0 Å². The normalized spacial score (nSPS) is 12.1. The minimum absolute atomic E-state index is 0.0332. The maximum Gasteiger partial charge on any atom is 0.220 e. The molecular formula is C29H29N3O2. The number of benzene rings is 2. The van der Waals surface area contributed by atoms with Crippen LogP contribution in [-0.2, 0) is 30.6 Å². The molecule has 4 aromatic rings. The number of hydrogen-bond donors (Lipinski definition) is 1. The average molecular weight is 452 g/mol. The van der Waals surface area contributed by atoms with E-state index in [0.717, 1.165) is 41.2 Å². The van der Waals surface area contributed by atoms with E-state index in [-0.39, 0.29) is 5.91 Å². The minimum atomic E-state index is 0.0332. The van der Waals surface area contributed by atoms with E-state index in [1.54, 1.807) is 13.3 Å². The molecule has 5 rings (SSSR count). The number of carbonyl (C=O) groups excluding carboxylic acids is 1. The van der Waals surface area contributed by atoms with Crippen LogP contribution in [0, 0.1) is 6.92 Å². The summed E-state index contributed by atoms with van der Waals surface area (Å²) in [5.74, 6) is 0.863. The molecule has 0 spiro atoms.